The molecule has 5 heterocycles. The van der Waals surface area contributed by atoms with Crippen molar-refractivity contribution >= 4 is 44.9 Å². The number of methoxy groups -OCH3 is 1. The Morgan fingerprint density at radius 2 is 2.13 bits per heavy atom. The van der Waals surface area contributed by atoms with E-state index >= 15 is 4.39 Å². The van der Waals surface area contributed by atoms with E-state index in [0.29, 0.717) is 60.2 Å². The Bertz CT molecular complexity index is 1690. The number of H-pyrrole nitrogens is 1. The van der Waals surface area contributed by atoms with E-state index in [2.05, 4.69) is 25.4 Å². The number of hydrogen-bond acceptors (Lipinski definition) is 9. The van der Waals surface area contributed by atoms with Gasteiger partial charge in [0.1, 0.15) is 17.5 Å². The number of nitrogens with one attached hydrogen (secondary N) is 2. The number of hydrogen-bond donors (Lipinski definition) is 2. The molecule has 6 rings (SSSR count). The molecule has 0 fully saturated rings. The zero-order valence-electron chi connectivity index (χ0n) is 20.8. The number of carbonyl (C=O) groups is 1. The van der Waals surface area contributed by atoms with Gasteiger partial charge in [0.15, 0.2) is 5.69 Å². The van der Waals surface area contributed by atoms with E-state index in [0.717, 1.165) is 6.07 Å². The fourth-order valence-corrected chi connectivity index (χ4v) is 6.11. The van der Waals surface area contributed by atoms with Gasteiger partial charge in [-0.25, -0.2) is 8.78 Å². The molecular weight excluding hydrogens is 556 g/mol. The smallest absolute Gasteiger partial charge is 0.318 e. The van der Waals surface area contributed by atoms with Gasteiger partial charge in [-0.05, 0) is 6.42 Å². The fraction of sp³-hybridized carbons (Fsp3) is 0.375. The Balaban J connectivity index is 1.39. The summed E-state index contributed by atoms with van der Waals surface area (Å²) in [5.74, 6) is -1.43. The SMILES string of the molecule is CNC(=O)c1nn2c(c1Cl)CN(c1nc(OC)nc3c1COC(c1c(F)cc(F)c4sc(=O)[nH]c14)C3)CCC2. The van der Waals surface area contributed by atoms with Crippen molar-refractivity contribution in [2.24, 2.45) is 0 Å². The van der Waals surface area contributed by atoms with Crippen molar-refractivity contribution in [3.05, 3.63) is 60.6 Å². The zero-order valence-corrected chi connectivity index (χ0v) is 22.4. The van der Waals surface area contributed by atoms with Crippen LogP contribution < -0.4 is 19.8 Å². The minimum absolute atomic E-state index is 0.0407. The number of nitrogens with zero attached hydrogens (tertiary/aromatic N) is 5. The van der Waals surface area contributed by atoms with Crippen molar-refractivity contribution in [1.29, 1.82) is 0 Å². The van der Waals surface area contributed by atoms with Crippen molar-refractivity contribution in [2.45, 2.75) is 38.6 Å². The minimum Gasteiger partial charge on any atom is -0.467 e. The second-order valence-corrected chi connectivity index (χ2v) is 10.5. The van der Waals surface area contributed by atoms with Crippen molar-refractivity contribution < 1.29 is 23.0 Å². The van der Waals surface area contributed by atoms with Gasteiger partial charge in [0, 0.05) is 43.8 Å². The molecule has 1 atom stereocenters. The second kappa shape index (κ2) is 9.84. The average molecular weight is 578 g/mol. The lowest BCUT2D eigenvalue weighted by Crippen LogP contribution is -2.29. The number of carbonyl (C=O) groups excluding carboxylic acids is 1. The van der Waals surface area contributed by atoms with E-state index in [4.69, 9.17) is 21.1 Å². The molecule has 2 N–H and O–H groups in total. The Morgan fingerprint density at radius 3 is 2.90 bits per heavy atom. The Kier molecular flexibility index (Phi) is 6.47. The Hall–Kier alpha value is -3.62. The third-order valence-electron chi connectivity index (χ3n) is 6.88. The summed E-state index contributed by atoms with van der Waals surface area (Å²) in [6, 6.07) is 0.886. The molecule has 2 aliphatic heterocycles. The van der Waals surface area contributed by atoms with Crippen molar-refractivity contribution in [3.63, 3.8) is 0 Å². The van der Waals surface area contributed by atoms with Gasteiger partial charge in [0.2, 0.25) is 0 Å². The Morgan fingerprint density at radius 1 is 1.31 bits per heavy atom. The summed E-state index contributed by atoms with van der Waals surface area (Å²) in [7, 11) is 2.96. The third-order valence-corrected chi connectivity index (χ3v) is 8.17. The summed E-state index contributed by atoms with van der Waals surface area (Å²) in [6.07, 6.45) is 0.0189. The molecule has 11 nitrogen and oxygen atoms in total. The number of benzene rings is 1. The molecule has 2 aliphatic rings. The maximum atomic E-state index is 15.0. The lowest BCUT2D eigenvalue weighted by atomic mass is 9.97. The number of aryl methyl sites for hydroxylation is 1. The van der Waals surface area contributed by atoms with Crippen LogP contribution in [0.3, 0.4) is 0 Å². The first kappa shape index (κ1) is 25.6. The van der Waals surface area contributed by atoms with Gasteiger partial charge >= 0.3 is 10.9 Å². The molecule has 0 bridgehead atoms. The summed E-state index contributed by atoms with van der Waals surface area (Å²) >= 11 is 7.24. The van der Waals surface area contributed by atoms with Crippen LogP contribution in [-0.4, -0.2) is 51.3 Å². The van der Waals surface area contributed by atoms with Crippen LogP contribution in [0.5, 0.6) is 6.01 Å². The molecule has 0 saturated carbocycles. The number of fused-ring (bicyclic) bond motifs is 3. The number of rotatable bonds is 4. The lowest BCUT2D eigenvalue weighted by molar-refractivity contribution is 0.0244. The van der Waals surface area contributed by atoms with E-state index in [9.17, 15) is 14.0 Å². The van der Waals surface area contributed by atoms with Crippen molar-refractivity contribution in [2.75, 3.05) is 25.6 Å². The molecule has 204 valence electrons. The monoisotopic (exact) mass is 577 g/mol. The summed E-state index contributed by atoms with van der Waals surface area (Å²) in [5, 5.41) is 7.21. The normalized spacial score (nSPS) is 17.1. The summed E-state index contributed by atoms with van der Waals surface area (Å²) < 4.78 is 42.6. The average Bonchev–Trinajstić information content (AvgIpc) is 3.37. The molecule has 1 unspecified atom stereocenters. The van der Waals surface area contributed by atoms with Crippen LogP contribution in [0, 0.1) is 11.6 Å². The van der Waals surface area contributed by atoms with Gasteiger partial charge in [-0.1, -0.05) is 22.9 Å². The van der Waals surface area contributed by atoms with Gasteiger partial charge < -0.3 is 24.7 Å². The highest BCUT2D eigenvalue weighted by atomic mass is 35.5. The molecule has 0 aliphatic carbocycles. The molecule has 4 aromatic rings. The summed E-state index contributed by atoms with van der Waals surface area (Å²) in [6.45, 7) is 1.53. The molecule has 1 aromatic carbocycles. The van der Waals surface area contributed by atoms with Crippen LogP contribution in [-0.2, 0) is 30.9 Å². The molecule has 0 saturated heterocycles. The predicted molar refractivity (Wildman–Crippen MR) is 138 cm³/mol. The number of amides is 1. The first-order chi connectivity index (χ1) is 18.8. The van der Waals surface area contributed by atoms with Crippen LogP contribution in [0.15, 0.2) is 10.9 Å². The van der Waals surface area contributed by atoms with Crippen molar-refractivity contribution in [1.82, 2.24) is 30.0 Å². The number of aromatic amines is 1. The molecule has 15 heteroatoms. The fourth-order valence-electron chi connectivity index (χ4n) is 5.07. The molecular formula is C24H22ClF2N7O4S. The van der Waals surface area contributed by atoms with Crippen LogP contribution >= 0.6 is 22.9 Å². The lowest BCUT2D eigenvalue weighted by Gasteiger charge is -2.30. The summed E-state index contributed by atoms with van der Waals surface area (Å²) in [4.78, 5) is 37.3. The number of halogens is 3. The van der Waals surface area contributed by atoms with E-state index in [1.807, 2.05) is 4.90 Å². The highest BCUT2D eigenvalue weighted by Gasteiger charge is 2.33. The van der Waals surface area contributed by atoms with Gasteiger partial charge in [0.25, 0.3) is 5.91 Å². The van der Waals surface area contributed by atoms with Gasteiger partial charge in [-0.15, -0.1) is 0 Å². The van der Waals surface area contributed by atoms with Crippen LogP contribution in [0.1, 0.15) is 45.5 Å². The Labute approximate surface area is 228 Å². The number of thiazole rings is 1. The van der Waals surface area contributed by atoms with E-state index in [1.54, 1.807) is 4.68 Å². The maximum Gasteiger partial charge on any atom is 0.318 e. The molecule has 0 spiro atoms. The number of anilines is 1. The number of aromatic nitrogens is 5. The summed E-state index contributed by atoms with van der Waals surface area (Å²) in [5.41, 5.74) is 2.26. The van der Waals surface area contributed by atoms with Crippen molar-refractivity contribution in [3.8, 4) is 6.01 Å². The van der Waals surface area contributed by atoms with E-state index in [-0.39, 0.29) is 51.4 Å². The van der Waals surface area contributed by atoms with Crippen LogP contribution in [0.4, 0.5) is 14.6 Å². The van der Waals surface area contributed by atoms with E-state index in [1.165, 1.54) is 14.2 Å². The van der Waals surface area contributed by atoms with Gasteiger partial charge in [-0.3, -0.25) is 14.3 Å². The standard InChI is InChI=1S/C24H22ClF2N7O4S/c1-28-22(35)19-17(25)14-8-33(4-3-5-34(14)32-19)21-10-9-38-15(7-13(10)29-23(31-21)37-2)16-11(26)6-12(27)20-18(16)30-24(36)39-20/h6,15H,3-5,7-9H2,1-2H3,(H,28,35)(H,30,36). The second-order valence-electron chi connectivity index (χ2n) is 9.12. The maximum absolute atomic E-state index is 15.0. The minimum atomic E-state index is -0.826. The topological polar surface area (TPSA) is 127 Å². The first-order valence-electron chi connectivity index (χ1n) is 12.1. The predicted octanol–water partition coefficient (Wildman–Crippen LogP) is 3.10. The van der Waals surface area contributed by atoms with Crippen LogP contribution in [0.25, 0.3) is 10.2 Å². The first-order valence-corrected chi connectivity index (χ1v) is 13.3. The van der Waals surface area contributed by atoms with Crippen LogP contribution in [0.2, 0.25) is 5.02 Å². The highest BCUT2D eigenvalue weighted by Crippen LogP contribution is 2.39. The highest BCUT2D eigenvalue weighted by molar-refractivity contribution is 7.16. The number of ether oxygens (including phenoxy) is 2. The molecule has 1 amide bonds. The zero-order chi connectivity index (χ0) is 27.4. The molecule has 3 aromatic heterocycles. The van der Waals surface area contributed by atoms with Gasteiger partial charge in [0.05, 0.1) is 53.0 Å². The molecule has 0 radical (unpaired) electrons. The quantitative estimate of drug-likeness (QED) is 0.379. The molecule has 39 heavy (non-hydrogen) atoms. The van der Waals surface area contributed by atoms with E-state index < -0.39 is 22.6 Å². The van der Waals surface area contributed by atoms with Gasteiger partial charge in [-0.2, -0.15) is 15.1 Å². The largest absolute Gasteiger partial charge is 0.467 e. The third kappa shape index (κ3) is 4.32.